The molecule has 0 saturated heterocycles. The second-order valence-corrected chi connectivity index (χ2v) is 4.83. The van der Waals surface area contributed by atoms with Gasteiger partial charge < -0.3 is 15.4 Å². The third kappa shape index (κ3) is 3.75. The molecule has 0 radical (unpaired) electrons. The predicted octanol–water partition coefficient (Wildman–Crippen LogP) is 2.98. The van der Waals surface area contributed by atoms with Crippen molar-refractivity contribution in [3.8, 4) is 5.75 Å². The summed E-state index contributed by atoms with van der Waals surface area (Å²) < 4.78 is 5.36. The van der Waals surface area contributed by atoms with Crippen LogP contribution in [0, 0.1) is 6.92 Å². The van der Waals surface area contributed by atoms with E-state index >= 15 is 0 Å². The largest absolute Gasteiger partial charge is 0.496 e. The highest BCUT2D eigenvalue weighted by Gasteiger charge is 2.05. The number of nitrogens with one attached hydrogen (secondary N) is 2. The molecule has 0 aliphatic carbocycles. The van der Waals surface area contributed by atoms with Crippen molar-refractivity contribution in [3.05, 3.63) is 59.2 Å². The summed E-state index contributed by atoms with van der Waals surface area (Å²) in [5.41, 5.74) is 3.91. The zero-order valence-electron chi connectivity index (χ0n) is 12.6. The van der Waals surface area contributed by atoms with E-state index in [0.717, 1.165) is 17.0 Å². The Kier molecular flexibility index (Phi) is 4.82. The molecule has 0 heterocycles. The second kappa shape index (κ2) is 6.79. The molecule has 2 rings (SSSR count). The number of methoxy groups -OCH3 is 1. The van der Waals surface area contributed by atoms with Crippen molar-refractivity contribution in [1.82, 2.24) is 5.32 Å². The molecular formula is C17H20N2O2. The van der Waals surface area contributed by atoms with Gasteiger partial charge in [0.05, 0.1) is 7.11 Å². The average Bonchev–Trinajstić information content (AvgIpc) is 2.52. The lowest BCUT2D eigenvalue weighted by molar-refractivity contribution is 0.0963. The van der Waals surface area contributed by atoms with Gasteiger partial charge in [-0.25, -0.2) is 0 Å². The first-order chi connectivity index (χ1) is 10.1. The molecule has 0 spiro atoms. The van der Waals surface area contributed by atoms with Crippen LogP contribution in [0.25, 0.3) is 0 Å². The maximum Gasteiger partial charge on any atom is 0.251 e. The number of ether oxygens (including phenoxy) is 1. The van der Waals surface area contributed by atoms with E-state index in [1.165, 1.54) is 5.56 Å². The van der Waals surface area contributed by atoms with E-state index in [0.29, 0.717) is 12.1 Å². The monoisotopic (exact) mass is 284 g/mol. The van der Waals surface area contributed by atoms with Gasteiger partial charge >= 0.3 is 0 Å². The smallest absolute Gasteiger partial charge is 0.251 e. The van der Waals surface area contributed by atoms with Gasteiger partial charge in [-0.2, -0.15) is 0 Å². The molecule has 0 aliphatic rings. The van der Waals surface area contributed by atoms with Gasteiger partial charge in [0.1, 0.15) is 5.75 Å². The number of amides is 1. The lowest BCUT2D eigenvalue weighted by atomic mass is 10.1. The van der Waals surface area contributed by atoms with Crippen molar-refractivity contribution in [3.63, 3.8) is 0 Å². The van der Waals surface area contributed by atoms with E-state index in [1.54, 1.807) is 26.3 Å². The van der Waals surface area contributed by atoms with Crippen molar-refractivity contribution in [2.24, 2.45) is 0 Å². The summed E-state index contributed by atoms with van der Waals surface area (Å²) in [6.07, 6.45) is 0. The van der Waals surface area contributed by atoms with Crippen LogP contribution in [-0.2, 0) is 6.54 Å². The van der Waals surface area contributed by atoms with Crippen LogP contribution in [0.15, 0.2) is 42.5 Å². The lowest BCUT2D eigenvalue weighted by Gasteiger charge is -2.12. The Labute approximate surface area is 125 Å². The molecule has 0 saturated carbocycles. The topological polar surface area (TPSA) is 50.4 Å². The Bertz CT molecular complexity index is 621. The van der Waals surface area contributed by atoms with Crippen LogP contribution in [0.5, 0.6) is 5.75 Å². The van der Waals surface area contributed by atoms with Gasteiger partial charge in [0.2, 0.25) is 0 Å². The Morgan fingerprint density at radius 1 is 1.14 bits per heavy atom. The van der Waals surface area contributed by atoms with E-state index in [-0.39, 0.29) is 5.91 Å². The number of carbonyl (C=O) groups excluding carboxylic acids is 1. The molecule has 2 aromatic carbocycles. The summed E-state index contributed by atoms with van der Waals surface area (Å²) >= 11 is 0. The lowest BCUT2D eigenvalue weighted by Crippen LogP contribution is -2.17. The van der Waals surface area contributed by atoms with E-state index < -0.39 is 0 Å². The molecule has 2 aromatic rings. The molecule has 0 atom stereocenters. The van der Waals surface area contributed by atoms with Gasteiger partial charge in [0.25, 0.3) is 5.91 Å². The van der Waals surface area contributed by atoms with Crippen molar-refractivity contribution in [1.29, 1.82) is 0 Å². The summed E-state index contributed by atoms with van der Waals surface area (Å²) in [5.74, 6) is 0.789. The first kappa shape index (κ1) is 14.9. The van der Waals surface area contributed by atoms with E-state index in [4.69, 9.17) is 4.74 Å². The molecule has 0 unspecified atom stereocenters. The zero-order valence-corrected chi connectivity index (χ0v) is 12.6. The minimum Gasteiger partial charge on any atom is -0.496 e. The Hall–Kier alpha value is -2.49. The fraction of sp³-hybridized carbons (Fsp3) is 0.235. The maximum atomic E-state index is 11.5. The molecule has 110 valence electrons. The van der Waals surface area contributed by atoms with Crippen molar-refractivity contribution in [2.45, 2.75) is 13.5 Å². The van der Waals surface area contributed by atoms with E-state index in [2.05, 4.69) is 23.6 Å². The van der Waals surface area contributed by atoms with Crippen LogP contribution >= 0.6 is 0 Å². The molecule has 0 aromatic heterocycles. The van der Waals surface area contributed by atoms with Gasteiger partial charge in [-0.3, -0.25) is 4.79 Å². The minimum atomic E-state index is -0.0816. The Balaban J connectivity index is 2.06. The summed E-state index contributed by atoms with van der Waals surface area (Å²) in [7, 11) is 3.30. The Morgan fingerprint density at radius 2 is 1.86 bits per heavy atom. The van der Waals surface area contributed by atoms with E-state index in [9.17, 15) is 4.79 Å². The van der Waals surface area contributed by atoms with Crippen LogP contribution < -0.4 is 15.4 Å². The number of hydrogen-bond acceptors (Lipinski definition) is 3. The second-order valence-electron chi connectivity index (χ2n) is 4.83. The summed E-state index contributed by atoms with van der Waals surface area (Å²) in [5, 5.41) is 5.94. The molecule has 0 aliphatic heterocycles. The van der Waals surface area contributed by atoms with Crippen molar-refractivity contribution in [2.75, 3.05) is 19.5 Å². The fourth-order valence-corrected chi connectivity index (χ4v) is 2.13. The van der Waals surface area contributed by atoms with Crippen LogP contribution in [0.3, 0.4) is 0 Å². The third-order valence-corrected chi connectivity index (χ3v) is 3.29. The molecule has 4 nitrogen and oxygen atoms in total. The quantitative estimate of drug-likeness (QED) is 0.887. The molecule has 21 heavy (non-hydrogen) atoms. The number of carbonyl (C=O) groups is 1. The van der Waals surface area contributed by atoms with Crippen LogP contribution in [0.1, 0.15) is 21.5 Å². The van der Waals surface area contributed by atoms with Gasteiger partial charge in [-0.1, -0.05) is 17.7 Å². The van der Waals surface area contributed by atoms with Crippen LogP contribution in [-0.4, -0.2) is 20.1 Å². The summed E-state index contributed by atoms with van der Waals surface area (Å²) in [6, 6.07) is 13.5. The molecule has 4 heteroatoms. The highest BCUT2D eigenvalue weighted by molar-refractivity contribution is 5.94. The minimum absolute atomic E-state index is 0.0816. The van der Waals surface area contributed by atoms with Crippen molar-refractivity contribution < 1.29 is 9.53 Å². The fourth-order valence-electron chi connectivity index (χ4n) is 2.13. The summed E-state index contributed by atoms with van der Waals surface area (Å²) in [6.45, 7) is 2.73. The van der Waals surface area contributed by atoms with Gasteiger partial charge in [0, 0.05) is 30.4 Å². The van der Waals surface area contributed by atoms with Gasteiger partial charge in [-0.05, 0) is 37.3 Å². The average molecular weight is 284 g/mol. The maximum absolute atomic E-state index is 11.5. The summed E-state index contributed by atoms with van der Waals surface area (Å²) in [4.78, 5) is 11.5. The predicted molar refractivity (Wildman–Crippen MR) is 84.9 cm³/mol. The van der Waals surface area contributed by atoms with Crippen LogP contribution in [0.4, 0.5) is 5.69 Å². The Morgan fingerprint density at radius 3 is 2.48 bits per heavy atom. The number of aryl methyl sites for hydroxylation is 1. The number of benzene rings is 2. The standard InChI is InChI=1S/C17H20N2O2/c1-12-4-9-16(21-3)14(10-12)11-19-15-7-5-13(6-8-15)17(20)18-2/h4-10,19H,11H2,1-3H3,(H,18,20). The molecular weight excluding hydrogens is 264 g/mol. The van der Waals surface area contributed by atoms with Gasteiger partial charge in [0.15, 0.2) is 0 Å². The molecule has 0 fully saturated rings. The zero-order chi connectivity index (χ0) is 15.2. The normalized spacial score (nSPS) is 10.0. The first-order valence-electron chi connectivity index (χ1n) is 6.83. The number of anilines is 1. The van der Waals surface area contributed by atoms with Crippen LogP contribution in [0.2, 0.25) is 0 Å². The first-order valence-corrected chi connectivity index (χ1v) is 6.83. The third-order valence-electron chi connectivity index (χ3n) is 3.29. The van der Waals surface area contributed by atoms with Gasteiger partial charge in [-0.15, -0.1) is 0 Å². The van der Waals surface area contributed by atoms with E-state index in [1.807, 2.05) is 24.3 Å². The molecule has 2 N–H and O–H groups in total. The molecule has 1 amide bonds. The SMILES string of the molecule is CNC(=O)c1ccc(NCc2cc(C)ccc2OC)cc1. The number of rotatable bonds is 5. The number of hydrogen-bond donors (Lipinski definition) is 2. The molecule has 0 bridgehead atoms. The highest BCUT2D eigenvalue weighted by Crippen LogP contribution is 2.21. The highest BCUT2D eigenvalue weighted by atomic mass is 16.5. The van der Waals surface area contributed by atoms with Crippen molar-refractivity contribution >= 4 is 11.6 Å².